The molecule has 0 saturated heterocycles. The number of nitrogens with zero attached hydrogens (tertiary/aromatic N) is 2. The Morgan fingerprint density at radius 1 is 1.00 bits per heavy atom. The van der Waals surface area contributed by atoms with Crippen molar-refractivity contribution < 1.29 is 18.7 Å². The minimum Gasteiger partial charge on any atom is -0.465 e. The second-order valence-corrected chi connectivity index (χ2v) is 8.20. The first-order valence-corrected chi connectivity index (χ1v) is 10.7. The molecule has 0 N–H and O–H groups in total. The van der Waals surface area contributed by atoms with E-state index in [1.165, 1.54) is 19.2 Å². The van der Waals surface area contributed by atoms with Crippen LogP contribution in [0.3, 0.4) is 0 Å². The van der Waals surface area contributed by atoms with Crippen LogP contribution in [0.5, 0.6) is 0 Å². The molecule has 168 valence electrons. The van der Waals surface area contributed by atoms with Gasteiger partial charge in [-0.2, -0.15) is 0 Å². The maximum absolute atomic E-state index is 13.5. The second-order valence-electron chi connectivity index (χ2n) is 7.76. The Kier molecular flexibility index (Phi) is 5.95. The summed E-state index contributed by atoms with van der Waals surface area (Å²) in [5.41, 5.74) is 4.89. The molecule has 4 rings (SSSR count). The molecule has 0 atom stereocenters. The number of ether oxygens (including phenoxy) is 1. The molecule has 0 fully saturated rings. The predicted octanol–water partition coefficient (Wildman–Crippen LogP) is 5.76. The van der Waals surface area contributed by atoms with Gasteiger partial charge in [0.25, 0.3) is 0 Å². The predicted molar refractivity (Wildman–Crippen MR) is 127 cm³/mol. The van der Waals surface area contributed by atoms with E-state index in [1.807, 2.05) is 44.2 Å². The average Bonchev–Trinajstić information content (AvgIpc) is 3.21. The number of allylic oxidation sites excluding steroid dienone is 2. The summed E-state index contributed by atoms with van der Waals surface area (Å²) in [7, 11) is 1.24. The van der Waals surface area contributed by atoms with Gasteiger partial charge in [0.15, 0.2) is 0 Å². The molecule has 33 heavy (non-hydrogen) atoms. The van der Waals surface area contributed by atoms with Crippen molar-refractivity contribution in [1.82, 2.24) is 4.57 Å². The molecular weight excluding hydrogens is 443 g/mol. The van der Waals surface area contributed by atoms with Gasteiger partial charge in [0.2, 0.25) is 5.78 Å². The fourth-order valence-electron chi connectivity index (χ4n) is 4.15. The van der Waals surface area contributed by atoms with Crippen LogP contribution in [0.4, 0.5) is 10.1 Å². The molecule has 0 saturated carbocycles. The molecule has 2 heterocycles. The van der Waals surface area contributed by atoms with E-state index in [0.29, 0.717) is 16.4 Å². The number of halogens is 2. The Labute approximate surface area is 196 Å². The van der Waals surface area contributed by atoms with Gasteiger partial charge in [0, 0.05) is 33.5 Å². The summed E-state index contributed by atoms with van der Waals surface area (Å²) in [5.74, 6) is -1.55. The van der Waals surface area contributed by atoms with Gasteiger partial charge in [0.1, 0.15) is 11.4 Å². The Bertz CT molecular complexity index is 1320. The summed E-state index contributed by atoms with van der Waals surface area (Å²) in [6.45, 7) is 5.60. The van der Waals surface area contributed by atoms with E-state index in [2.05, 4.69) is 4.57 Å². The van der Waals surface area contributed by atoms with Crippen molar-refractivity contribution in [2.45, 2.75) is 20.8 Å². The Morgan fingerprint density at radius 3 is 2.21 bits per heavy atom. The van der Waals surface area contributed by atoms with Crippen molar-refractivity contribution in [3.05, 3.63) is 99.4 Å². The molecule has 1 aliphatic rings. The number of aromatic nitrogens is 1. The fourth-order valence-corrected chi connectivity index (χ4v) is 4.28. The van der Waals surface area contributed by atoms with Crippen LogP contribution < -0.4 is 4.90 Å². The molecule has 5 nitrogen and oxygen atoms in total. The first kappa shape index (κ1) is 22.6. The third kappa shape index (κ3) is 3.98. The number of hydrogen-bond acceptors (Lipinski definition) is 4. The van der Waals surface area contributed by atoms with Gasteiger partial charge >= 0.3 is 5.97 Å². The SMILES string of the molecule is COC(=O)C1=C(C)N(c2ccc(F)cc2)/C(=C/c2cc(C)n(-c3ccc(Cl)cc3)c2C)C1=O. The van der Waals surface area contributed by atoms with E-state index >= 15 is 0 Å². The number of Topliss-reactive ketones (excluding diaryl/α,β-unsaturated/α-hetero) is 1. The number of anilines is 1. The van der Waals surface area contributed by atoms with E-state index in [-0.39, 0.29) is 11.3 Å². The standard InChI is InChI=1S/C26H22ClFN2O3/c1-15-13-18(16(2)29(15)21-9-5-19(27)6-10-21)14-23-25(31)24(26(32)33-4)17(3)30(23)22-11-7-20(28)8-12-22/h5-14H,1-4H3/b23-14+. The lowest BCUT2D eigenvalue weighted by molar-refractivity contribution is -0.137. The summed E-state index contributed by atoms with van der Waals surface area (Å²) in [5, 5.41) is 0.645. The molecule has 0 amide bonds. The van der Waals surface area contributed by atoms with Crippen LogP contribution in [0.1, 0.15) is 23.9 Å². The van der Waals surface area contributed by atoms with E-state index in [9.17, 15) is 14.0 Å². The summed E-state index contributed by atoms with van der Waals surface area (Å²) in [4.78, 5) is 27.3. The maximum Gasteiger partial charge on any atom is 0.343 e. The number of rotatable bonds is 4. The fraction of sp³-hybridized carbons (Fsp3) is 0.154. The second kappa shape index (κ2) is 8.71. The lowest BCUT2D eigenvalue weighted by Crippen LogP contribution is -2.18. The maximum atomic E-state index is 13.5. The zero-order valence-electron chi connectivity index (χ0n) is 18.6. The van der Waals surface area contributed by atoms with Crippen LogP contribution >= 0.6 is 11.6 Å². The lowest BCUT2D eigenvalue weighted by atomic mass is 10.1. The van der Waals surface area contributed by atoms with Crippen molar-refractivity contribution in [3.63, 3.8) is 0 Å². The number of hydrogen-bond donors (Lipinski definition) is 0. The van der Waals surface area contributed by atoms with Crippen LogP contribution in [0.2, 0.25) is 5.02 Å². The van der Waals surface area contributed by atoms with E-state index in [4.69, 9.17) is 16.3 Å². The van der Waals surface area contributed by atoms with Gasteiger partial charge in [-0.15, -0.1) is 0 Å². The van der Waals surface area contributed by atoms with Gasteiger partial charge in [-0.3, -0.25) is 4.79 Å². The lowest BCUT2D eigenvalue weighted by Gasteiger charge is -2.21. The molecule has 3 aromatic rings. The highest BCUT2D eigenvalue weighted by Crippen LogP contribution is 2.36. The highest BCUT2D eigenvalue weighted by Gasteiger charge is 2.38. The minimum atomic E-state index is -0.709. The number of esters is 1. The molecule has 1 aliphatic heterocycles. The molecule has 0 aliphatic carbocycles. The molecule has 2 aromatic carbocycles. The summed E-state index contributed by atoms with van der Waals surface area (Å²) >= 11 is 6.03. The Hall–Kier alpha value is -3.64. The molecular formula is C26H22ClFN2O3. The summed E-state index contributed by atoms with van der Waals surface area (Å²) < 4.78 is 20.4. The Morgan fingerprint density at radius 2 is 1.61 bits per heavy atom. The molecule has 0 radical (unpaired) electrons. The number of carbonyl (C=O) groups is 2. The third-order valence-electron chi connectivity index (χ3n) is 5.72. The van der Waals surface area contributed by atoms with Crippen LogP contribution in [0.25, 0.3) is 11.8 Å². The van der Waals surface area contributed by atoms with E-state index < -0.39 is 17.6 Å². The van der Waals surface area contributed by atoms with Gasteiger partial charge in [-0.1, -0.05) is 11.6 Å². The van der Waals surface area contributed by atoms with Crippen LogP contribution in [0.15, 0.2) is 71.6 Å². The Balaban J connectivity index is 1.86. The largest absolute Gasteiger partial charge is 0.465 e. The molecule has 0 unspecified atom stereocenters. The van der Waals surface area contributed by atoms with Crippen LogP contribution in [0, 0.1) is 19.7 Å². The van der Waals surface area contributed by atoms with Crippen LogP contribution in [-0.4, -0.2) is 23.4 Å². The van der Waals surface area contributed by atoms with Crippen molar-refractivity contribution in [2.24, 2.45) is 0 Å². The van der Waals surface area contributed by atoms with Gasteiger partial charge in [-0.05, 0) is 87.0 Å². The number of aryl methyl sites for hydroxylation is 1. The van der Waals surface area contributed by atoms with Crippen molar-refractivity contribution in [3.8, 4) is 5.69 Å². The van der Waals surface area contributed by atoms with E-state index in [1.54, 1.807) is 30.0 Å². The van der Waals surface area contributed by atoms with Gasteiger partial charge < -0.3 is 14.2 Å². The molecule has 7 heteroatoms. The van der Waals surface area contributed by atoms with E-state index in [0.717, 1.165) is 22.6 Å². The topological polar surface area (TPSA) is 51.5 Å². The average molecular weight is 465 g/mol. The van der Waals surface area contributed by atoms with Crippen LogP contribution in [-0.2, 0) is 14.3 Å². The zero-order chi connectivity index (χ0) is 23.9. The molecule has 0 bridgehead atoms. The smallest absolute Gasteiger partial charge is 0.343 e. The quantitative estimate of drug-likeness (QED) is 0.279. The van der Waals surface area contributed by atoms with Gasteiger partial charge in [0.05, 0.1) is 12.8 Å². The number of methoxy groups -OCH3 is 1. The number of ketones is 1. The van der Waals surface area contributed by atoms with Crippen molar-refractivity contribution >= 4 is 35.1 Å². The molecule has 1 aromatic heterocycles. The van der Waals surface area contributed by atoms with Gasteiger partial charge in [-0.25, -0.2) is 9.18 Å². The summed E-state index contributed by atoms with van der Waals surface area (Å²) in [6.07, 6.45) is 1.75. The number of carbonyl (C=O) groups excluding carboxylic acids is 2. The number of benzene rings is 2. The van der Waals surface area contributed by atoms with Crippen molar-refractivity contribution in [2.75, 3.05) is 12.0 Å². The summed E-state index contributed by atoms with van der Waals surface area (Å²) in [6, 6.07) is 15.2. The first-order chi connectivity index (χ1) is 15.7. The monoisotopic (exact) mass is 464 g/mol. The highest BCUT2D eigenvalue weighted by atomic mass is 35.5. The minimum absolute atomic E-state index is 0.0421. The first-order valence-electron chi connectivity index (χ1n) is 10.3. The third-order valence-corrected chi connectivity index (χ3v) is 5.97. The highest BCUT2D eigenvalue weighted by molar-refractivity contribution is 6.31. The van der Waals surface area contributed by atoms with Crippen molar-refractivity contribution in [1.29, 1.82) is 0 Å². The zero-order valence-corrected chi connectivity index (χ0v) is 19.4. The molecule has 0 spiro atoms. The normalized spacial score (nSPS) is 15.0.